The van der Waals surface area contributed by atoms with E-state index >= 15 is 0 Å². The second-order valence-electron chi connectivity index (χ2n) is 9.43. The van der Waals surface area contributed by atoms with Crippen LogP contribution in [0.3, 0.4) is 0 Å². The van der Waals surface area contributed by atoms with E-state index in [1.54, 1.807) is 13.8 Å². The topological polar surface area (TPSA) is 71.1 Å². The summed E-state index contributed by atoms with van der Waals surface area (Å²) in [6.07, 6.45) is 6.16. The standard InChI is InChI=1S/C32H42O6/c1-6-7-16-26(23-37-32(34)25(4)5)38-30-20-13-11-18-28(30)27-17-10-12-19-29(27)35-21-14-8-9-15-22-36-31(33)24(2)3/h10-13,17-20,26H,2,4,6-9,14-16,21-23H2,1,3,5H3. The lowest BCUT2D eigenvalue weighted by molar-refractivity contribution is -0.141. The number of esters is 2. The second-order valence-corrected chi connectivity index (χ2v) is 9.43. The molecule has 1 atom stereocenters. The van der Waals surface area contributed by atoms with Gasteiger partial charge in [-0.3, -0.25) is 0 Å². The Kier molecular flexibility index (Phi) is 13.8. The molecular weight excluding hydrogens is 480 g/mol. The number of hydrogen-bond donors (Lipinski definition) is 0. The average molecular weight is 523 g/mol. The molecule has 2 aromatic carbocycles. The van der Waals surface area contributed by atoms with Crippen LogP contribution in [0.15, 0.2) is 72.8 Å². The van der Waals surface area contributed by atoms with E-state index in [0.717, 1.165) is 67.6 Å². The summed E-state index contributed by atoms with van der Waals surface area (Å²) in [5.41, 5.74) is 2.67. The third kappa shape index (κ3) is 10.8. The maximum absolute atomic E-state index is 11.9. The van der Waals surface area contributed by atoms with Crippen LogP contribution in [-0.4, -0.2) is 37.9 Å². The van der Waals surface area contributed by atoms with Gasteiger partial charge in [-0.25, -0.2) is 9.59 Å². The van der Waals surface area contributed by atoms with Crippen LogP contribution in [0.2, 0.25) is 0 Å². The van der Waals surface area contributed by atoms with E-state index in [2.05, 4.69) is 20.1 Å². The minimum absolute atomic E-state index is 0.171. The van der Waals surface area contributed by atoms with Gasteiger partial charge >= 0.3 is 11.9 Å². The van der Waals surface area contributed by atoms with Crippen molar-refractivity contribution < 1.29 is 28.5 Å². The van der Waals surface area contributed by atoms with Crippen LogP contribution in [-0.2, 0) is 19.1 Å². The highest BCUT2D eigenvalue weighted by Crippen LogP contribution is 2.37. The summed E-state index contributed by atoms with van der Waals surface area (Å²) >= 11 is 0. The van der Waals surface area contributed by atoms with E-state index in [1.807, 2.05) is 48.5 Å². The van der Waals surface area contributed by atoms with Crippen molar-refractivity contribution in [2.75, 3.05) is 19.8 Å². The van der Waals surface area contributed by atoms with Crippen molar-refractivity contribution in [2.24, 2.45) is 0 Å². The lowest BCUT2D eigenvalue weighted by atomic mass is 10.0. The molecule has 0 saturated carbocycles. The van der Waals surface area contributed by atoms with Crippen molar-refractivity contribution in [3.8, 4) is 22.6 Å². The first-order valence-corrected chi connectivity index (χ1v) is 13.5. The normalized spacial score (nSPS) is 11.3. The van der Waals surface area contributed by atoms with Gasteiger partial charge in [0, 0.05) is 22.3 Å². The Balaban J connectivity index is 1.99. The van der Waals surface area contributed by atoms with Gasteiger partial charge in [0.1, 0.15) is 24.2 Å². The summed E-state index contributed by atoms with van der Waals surface area (Å²) in [4.78, 5) is 23.4. The molecule has 0 aliphatic carbocycles. The van der Waals surface area contributed by atoms with Gasteiger partial charge in [0.25, 0.3) is 0 Å². The van der Waals surface area contributed by atoms with E-state index in [0.29, 0.717) is 24.4 Å². The molecule has 0 aromatic heterocycles. The Bertz CT molecular complexity index is 1060. The molecule has 206 valence electrons. The van der Waals surface area contributed by atoms with Crippen LogP contribution in [0.5, 0.6) is 11.5 Å². The fraction of sp³-hybridized carbons (Fsp3) is 0.438. The zero-order valence-corrected chi connectivity index (χ0v) is 23.1. The van der Waals surface area contributed by atoms with E-state index in [9.17, 15) is 9.59 Å². The van der Waals surface area contributed by atoms with Gasteiger partial charge in [0.15, 0.2) is 0 Å². The minimum Gasteiger partial charge on any atom is -0.493 e. The predicted molar refractivity (Wildman–Crippen MR) is 151 cm³/mol. The molecule has 6 nitrogen and oxygen atoms in total. The monoisotopic (exact) mass is 522 g/mol. The van der Waals surface area contributed by atoms with Gasteiger partial charge in [0.2, 0.25) is 0 Å². The number of carbonyl (C=O) groups is 2. The summed E-state index contributed by atoms with van der Waals surface area (Å²) in [6, 6.07) is 15.8. The van der Waals surface area contributed by atoms with E-state index in [1.165, 1.54) is 0 Å². The van der Waals surface area contributed by atoms with Crippen molar-refractivity contribution in [2.45, 2.75) is 71.8 Å². The average Bonchev–Trinajstić information content (AvgIpc) is 2.91. The van der Waals surface area contributed by atoms with Gasteiger partial charge in [-0.1, -0.05) is 62.9 Å². The first kappa shape index (κ1) is 30.7. The summed E-state index contributed by atoms with van der Waals surface area (Å²) in [5.74, 6) is 0.770. The van der Waals surface area contributed by atoms with Crippen molar-refractivity contribution >= 4 is 11.9 Å². The van der Waals surface area contributed by atoms with Gasteiger partial charge < -0.3 is 18.9 Å². The molecule has 38 heavy (non-hydrogen) atoms. The summed E-state index contributed by atoms with van der Waals surface area (Å²) in [5, 5.41) is 0. The number of carbonyl (C=O) groups excluding carboxylic acids is 2. The molecule has 0 radical (unpaired) electrons. The van der Waals surface area contributed by atoms with Crippen LogP contribution in [0.1, 0.15) is 65.7 Å². The number of unbranched alkanes of at least 4 members (excludes halogenated alkanes) is 4. The van der Waals surface area contributed by atoms with Crippen LogP contribution in [0, 0.1) is 0 Å². The summed E-state index contributed by atoms with van der Waals surface area (Å²) in [7, 11) is 0. The highest BCUT2D eigenvalue weighted by molar-refractivity contribution is 5.87. The lowest BCUT2D eigenvalue weighted by Gasteiger charge is -2.22. The smallest absolute Gasteiger partial charge is 0.333 e. The summed E-state index contributed by atoms with van der Waals surface area (Å²) < 4.78 is 23.1. The molecular formula is C32H42O6. The van der Waals surface area contributed by atoms with E-state index < -0.39 is 5.97 Å². The minimum atomic E-state index is -0.407. The molecule has 6 heteroatoms. The molecule has 0 aliphatic heterocycles. The first-order valence-electron chi connectivity index (χ1n) is 13.5. The van der Waals surface area contributed by atoms with Crippen LogP contribution < -0.4 is 9.47 Å². The maximum Gasteiger partial charge on any atom is 0.333 e. The van der Waals surface area contributed by atoms with Gasteiger partial charge in [0.05, 0.1) is 13.2 Å². The largest absolute Gasteiger partial charge is 0.493 e. The molecule has 0 fully saturated rings. The van der Waals surface area contributed by atoms with Gasteiger partial charge in [-0.15, -0.1) is 0 Å². The molecule has 0 heterocycles. The number of hydrogen-bond acceptors (Lipinski definition) is 6. The van der Waals surface area contributed by atoms with Crippen molar-refractivity contribution in [1.29, 1.82) is 0 Å². The van der Waals surface area contributed by atoms with Crippen molar-refractivity contribution in [3.63, 3.8) is 0 Å². The van der Waals surface area contributed by atoms with E-state index in [4.69, 9.17) is 18.9 Å². The van der Waals surface area contributed by atoms with Crippen LogP contribution in [0.4, 0.5) is 0 Å². The molecule has 0 aliphatic rings. The van der Waals surface area contributed by atoms with Gasteiger partial charge in [-0.2, -0.15) is 0 Å². The highest BCUT2D eigenvalue weighted by atomic mass is 16.6. The van der Waals surface area contributed by atoms with Crippen molar-refractivity contribution in [3.05, 3.63) is 72.8 Å². The number of ether oxygens (including phenoxy) is 4. The molecule has 0 N–H and O–H groups in total. The molecule has 2 aromatic rings. The Morgan fingerprint density at radius 1 is 0.737 bits per heavy atom. The van der Waals surface area contributed by atoms with Crippen molar-refractivity contribution in [1.82, 2.24) is 0 Å². The Hall–Kier alpha value is -3.54. The maximum atomic E-state index is 11.9. The highest BCUT2D eigenvalue weighted by Gasteiger charge is 2.18. The first-order chi connectivity index (χ1) is 18.3. The second kappa shape index (κ2) is 17.1. The fourth-order valence-corrected chi connectivity index (χ4v) is 3.71. The number of rotatable bonds is 18. The third-order valence-electron chi connectivity index (χ3n) is 5.86. The molecule has 0 saturated heterocycles. The quantitative estimate of drug-likeness (QED) is 0.115. The summed E-state index contributed by atoms with van der Waals surface area (Å²) in [6.45, 7) is 13.8. The van der Waals surface area contributed by atoms with E-state index in [-0.39, 0.29) is 18.7 Å². The molecule has 1 unspecified atom stereocenters. The zero-order chi connectivity index (χ0) is 27.8. The molecule has 0 spiro atoms. The zero-order valence-electron chi connectivity index (χ0n) is 23.1. The number of para-hydroxylation sites is 2. The third-order valence-corrected chi connectivity index (χ3v) is 5.86. The Morgan fingerprint density at radius 3 is 1.92 bits per heavy atom. The molecule has 0 amide bonds. The number of benzene rings is 2. The Morgan fingerprint density at radius 2 is 1.29 bits per heavy atom. The molecule has 2 rings (SSSR count). The van der Waals surface area contributed by atoms with Crippen LogP contribution in [0.25, 0.3) is 11.1 Å². The fourth-order valence-electron chi connectivity index (χ4n) is 3.71. The predicted octanol–water partition coefficient (Wildman–Crippen LogP) is 7.47. The molecule has 0 bridgehead atoms. The SMILES string of the molecule is C=C(C)C(=O)OCCCCCCOc1ccccc1-c1ccccc1OC(CCCC)COC(=O)C(=C)C. The Labute approximate surface area is 227 Å². The van der Waals surface area contributed by atoms with Gasteiger partial charge in [-0.05, 0) is 64.5 Å². The lowest BCUT2D eigenvalue weighted by Crippen LogP contribution is -2.25. The van der Waals surface area contributed by atoms with Crippen LogP contribution >= 0.6 is 0 Å².